The maximum Gasteiger partial charge on any atom is 0.255 e. The molecule has 0 bridgehead atoms. The second kappa shape index (κ2) is 29.7. The van der Waals surface area contributed by atoms with Crippen LogP contribution < -0.4 is 25.6 Å². The molecule has 3 N–H and O–H groups in total. The Bertz CT molecular complexity index is 2640. The average molecular weight is 1020 g/mol. The molecule has 2 aliphatic heterocycles. The molecule has 5 aromatic rings. The number of ether oxygens (including phenoxy) is 1. The predicted octanol–water partition coefficient (Wildman–Crippen LogP) is 7.53. The van der Waals surface area contributed by atoms with Crippen LogP contribution in [0.15, 0.2) is 73.2 Å². The molecule has 3 aromatic heterocycles. The second-order valence-corrected chi connectivity index (χ2v) is 18.8. The summed E-state index contributed by atoms with van der Waals surface area (Å²) in [7, 11) is 5.56. The molecule has 0 radical (unpaired) electrons. The van der Waals surface area contributed by atoms with Gasteiger partial charge in [0.2, 0.25) is 6.41 Å². The minimum atomic E-state index is -1.20. The lowest BCUT2D eigenvalue weighted by atomic mass is 9.87. The number of hydrogen-bond donors (Lipinski definition) is 3. The molecule has 5 heterocycles. The lowest BCUT2D eigenvalue weighted by molar-refractivity contribution is -0.114. The fourth-order valence-corrected chi connectivity index (χ4v) is 9.44. The number of fused-ring (bicyclic) bond motifs is 1. The minimum absolute atomic E-state index is 0.0883. The van der Waals surface area contributed by atoms with Crippen molar-refractivity contribution < 1.29 is 37.5 Å². The number of rotatable bonds is 23. The number of carbonyl (C=O) groups is 5. The van der Waals surface area contributed by atoms with E-state index in [9.17, 15) is 33.2 Å². The largest absolute Gasteiger partial charge is 0.492 e. The van der Waals surface area contributed by atoms with Crippen molar-refractivity contribution in [1.82, 2.24) is 40.3 Å². The van der Waals surface area contributed by atoms with Gasteiger partial charge in [0.05, 0.1) is 47.2 Å². The Balaban J connectivity index is 0.000000262. The number of aromatic nitrogens is 3. The fourth-order valence-electron chi connectivity index (χ4n) is 9.44. The van der Waals surface area contributed by atoms with Gasteiger partial charge in [-0.25, -0.2) is 18.3 Å². The van der Waals surface area contributed by atoms with Crippen LogP contribution >= 0.6 is 0 Å². The van der Waals surface area contributed by atoms with Gasteiger partial charge in [-0.05, 0) is 146 Å². The number of nitrogens with zero attached hydrogens (tertiary/aromatic N) is 7. The highest BCUT2D eigenvalue weighted by Crippen LogP contribution is 2.33. The fraction of sp³-hybridized carbons (Fsp3) is 0.464. The lowest BCUT2D eigenvalue weighted by Gasteiger charge is -2.39. The Morgan fingerprint density at radius 2 is 1.70 bits per heavy atom. The van der Waals surface area contributed by atoms with E-state index in [1.807, 2.05) is 50.2 Å². The number of likely N-dealkylation sites (tertiary alicyclic amines) is 1. The molecule has 16 nitrogen and oxygen atoms in total. The Hall–Kier alpha value is -6.94. The first kappa shape index (κ1) is 58.0. The van der Waals surface area contributed by atoms with Crippen molar-refractivity contribution in [2.75, 3.05) is 71.9 Å². The van der Waals surface area contributed by atoms with E-state index in [4.69, 9.17) is 9.53 Å². The summed E-state index contributed by atoms with van der Waals surface area (Å²) in [5, 5.41) is 21.9. The van der Waals surface area contributed by atoms with Crippen LogP contribution in [0.2, 0.25) is 0 Å². The molecule has 0 aliphatic carbocycles. The zero-order valence-corrected chi connectivity index (χ0v) is 43.5. The Kier molecular flexibility index (Phi) is 23.2. The molecular formula is C56H72F2N10O6. The van der Waals surface area contributed by atoms with Gasteiger partial charge in [0, 0.05) is 49.6 Å². The molecular weight excluding hydrogens is 947 g/mol. The van der Waals surface area contributed by atoms with Gasteiger partial charge in [0.25, 0.3) is 5.91 Å². The van der Waals surface area contributed by atoms with Crippen LogP contribution in [0.4, 0.5) is 14.6 Å². The van der Waals surface area contributed by atoms with E-state index < -0.39 is 28.6 Å². The highest BCUT2D eigenvalue weighted by atomic mass is 19.1. The molecule has 2 aromatic carbocycles. The third-order valence-electron chi connectivity index (χ3n) is 13.7. The van der Waals surface area contributed by atoms with Crippen LogP contribution in [0.1, 0.15) is 121 Å². The zero-order chi connectivity index (χ0) is 53.5. The highest BCUT2D eigenvalue weighted by molar-refractivity contribution is 5.97. The molecule has 7 rings (SSSR count). The van der Waals surface area contributed by atoms with Crippen molar-refractivity contribution in [3.05, 3.63) is 113 Å². The molecule has 2 fully saturated rings. The highest BCUT2D eigenvalue weighted by Gasteiger charge is 2.37. The van der Waals surface area contributed by atoms with Crippen molar-refractivity contribution in [2.24, 2.45) is 0 Å². The zero-order valence-electron chi connectivity index (χ0n) is 43.5. The number of amides is 2. The van der Waals surface area contributed by atoms with Gasteiger partial charge >= 0.3 is 0 Å². The van der Waals surface area contributed by atoms with Gasteiger partial charge < -0.3 is 40.1 Å². The van der Waals surface area contributed by atoms with E-state index in [1.165, 1.54) is 56.8 Å². The van der Waals surface area contributed by atoms with Crippen LogP contribution in [0, 0.1) is 23.0 Å². The molecule has 0 spiro atoms. The molecule has 2 amide bonds. The number of benzene rings is 2. The number of nitriles is 1. The summed E-state index contributed by atoms with van der Waals surface area (Å²) in [6, 6.07) is 16.6. The van der Waals surface area contributed by atoms with Crippen molar-refractivity contribution in [3.63, 3.8) is 0 Å². The van der Waals surface area contributed by atoms with E-state index in [2.05, 4.69) is 61.0 Å². The normalized spacial score (nSPS) is 14.9. The number of aldehydes is 3. The van der Waals surface area contributed by atoms with Crippen LogP contribution in [0.3, 0.4) is 0 Å². The van der Waals surface area contributed by atoms with Gasteiger partial charge in [0.1, 0.15) is 48.1 Å². The summed E-state index contributed by atoms with van der Waals surface area (Å²) >= 11 is 0. The maximum absolute atomic E-state index is 14.1. The van der Waals surface area contributed by atoms with Gasteiger partial charge in [-0.1, -0.05) is 44.4 Å². The first-order valence-corrected chi connectivity index (χ1v) is 25.6. The number of halogens is 2. The number of anilines is 1. The Morgan fingerprint density at radius 1 is 0.959 bits per heavy atom. The molecule has 18 heteroatoms. The standard InChI is InChI=1S/C28H24F2N6O3.C26H43N3O2.C2H5NO/c1-2-39-21-12-22(26-19(13-31)15-33-36(26)16-21)18-3-6-25(32-14-18)35-9-7-28(17-37,8-10-35)34-27(38)23-11-20(29)4-5-24(23)30;1-4-9-26(21-31)28(3)19-25-18-23(10-11-24(25)20-30)22-12-16-29(17-13-22)15-8-6-5-7-14-27-2;1-3-2-4/h3-6,11-12,14-17H,2,7-10H2,1H3,(H,34,38);10-11,18,20-22,26-27H,4-9,12-17,19H2,1-3H3;2H,1H3,(H,3,4). The number of carbonyl (C=O) groups excluding carboxylic acids is 5. The van der Waals surface area contributed by atoms with Crippen molar-refractivity contribution in [1.29, 1.82) is 5.26 Å². The van der Waals surface area contributed by atoms with E-state index in [0.29, 0.717) is 67.5 Å². The second-order valence-electron chi connectivity index (χ2n) is 18.8. The Morgan fingerprint density at radius 3 is 2.32 bits per heavy atom. The van der Waals surface area contributed by atoms with Crippen LogP contribution in [-0.2, 0) is 20.9 Å². The first-order chi connectivity index (χ1) is 35.9. The number of piperidine rings is 2. The predicted molar refractivity (Wildman–Crippen MR) is 282 cm³/mol. The monoisotopic (exact) mass is 1020 g/mol. The third-order valence-corrected chi connectivity index (χ3v) is 13.7. The summed E-state index contributed by atoms with van der Waals surface area (Å²) in [4.78, 5) is 68.0. The lowest BCUT2D eigenvalue weighted by Crippen LogP contribution is -2.56. The average Bonchev–Trinajstić information content (AvgIpc) is 3.85. The molecule has 1 unspecified atom stereocenters. The van der Waals surface area contributed by atoms with Crippen molar-refractivity contribution in [3.8, 4) is 22.9 Å². The molecule has 396 valence electrons. The molecule has 2 aliphatic rings. The summed E-state index contributed by atoms with van der Waals surface area (Å²) in [5.41, 5.74) is 4.08. The Labute approximate surface area is 433 Å². The van der Waals surface area contributed by atoms with E-state index in [0.717, 1.165) is 85.5 Å². The smallest absolute Gasteiger partial charge is 0.255 e. The topological polar surface area (TPSA) is 194 Å². The van der Waals surface area contributed by atoms with Gasteiger partial charge in [-0.3, -0.25) is 19.3 Å². The molecule has 1 atom stereocenters. The van der Waals surface area contributed by atoms with Gasteiger partial charge in [-0.2, -0.15) is 10.4 Å². The summed E-state index contributed by atoms with van der Waals surface area (Å²) < 4.78 is 34.9. The van der Waals surface area contributed by atoms with Gasteiger partial charge in [-0.15, -0.1) is 0 Å². The first-order valence-electron chi connectivity index (χ1n) is 25.6. The van der Waals surface area contributed by atoms with E-state index in [-0.39, 0.29) is 18.9 Å². The van der Waals surface area contributed by atoms with Crippen LogP contribution in [0.5, 0.6) is 5.75 Å². The SMILES string of the molecule is CCCC(C=O)N(C)Cc1cc(C2CCN(CCCCCCNC)CC2)ccc1C=O.CCOc1cc(-c2ccc(N3CCC(C=O)(NC(=O)c4cc(F)ccc4F)CC3)nc2)c2c(C#N)cnn2c1.CNC=O. The number of unbranched alkanes of at least 4 members (excludes halogenated alkanes) is 3. The number of pyridine rings is 2. The molecule has 2 saturated heterocycles. The summed E-state index contributed by atoms with van der Waals surface area (Å²) in [6.07, 6.45) is 18.1. The maximum atomic E-state index is 14.1. The van der Waals surface area contributed by atoms with Crippen LogP contribution in [-0.4, -0.2) is 134 Å². The number of likely N-dealkylation sites (N-methyl/N-ethyl adjacent to an activating group) is 1. The molecule has 0 saturated carbocycles. The third kappa shape index (κ3) is 16.0. The van der Waals surface area contributed by atoms with Crippen molar-refractivity contribution >= 4 is 42.5 Å². The van der Waals surface area contributed by atoms with E-state index >= 15 is 0 Å². The summed E-state index contributed by atoms with van der Waals surface area (Å²) in [5.74, 6) is -0.599. The van der Waals surface area contributed by atoms with Crippen molar-refractivity contribution in [2.45, 2.75) is 102 Å². The quantitative estimate of drug-likeness (QED) is 0.0430. The minimum Gasteiger partial charge on any atom is -0.492 e. The van der Waals surface area contributed by atoms with Gasteiger partial charge in [0.15, 0.2) is 0 Å². The number of nitrogens with one attached hydrogen (secondary N) is 3. The molecule has 74 heavy (non-hydrogen) atoms. The number of hydrogen-bond acceptors (Lipinski definition) is 13. The van der Waals surface area contributed by atoms with Crippen LogP contribution in [0.25, 0.3) is 16.6 Å². The van der Waals surface area contributed by atoms with E-state index in [1.54, 1.807) is 24.0 Å². The summed E-state index contributed by atoms with van der Waals surface area (Å²) in [6.45, 7) is 10.6.